The average Bonchev–Trinajstić information content (AvgIpc) is 2.98. The van der Waals surface area contributed by atoms with E-state index in [1.54, 1.807) is 18.2 Å². The molecule has 2 aromatic rings. The molecule has 0 radical (unpaired) electrons. The highest BCUT2D eigenvalue weighted by Crippen LogP contribution is 2.23. The van der Waals surface area contributed by atoms with Crippen LogP contribution in [0.15, 0.2) is 33.5 Å². The van der Waals surface area contributed by atoms with Gasteiger partial charge in [0.15, 0.2) is 0 Å². The van der Waals surface area contributed by atoms with Crippen molar-refractivity contribution in [2.75, 3.05) is 7.11 Å². The van der Waals surface area contributed by atoms with Gasteiger partial charge in [0.1, 0.15) is 11.3 Å². The highest BCUT2D eigenvalue weighted by atomic mass is 16.5. The second-order valence-corrected chi connectivity index (χ2v) is 5.30. The van der Waals surface area contributed by atoms with E-state index in [4.69, 9.17) is 9.15 Å². The highest BCUT2D eigenvalue weighted by Gasteiger charge is 2.20. The normalized spacial score (nSPS) is 15.3. The van der Waals surface area contributed by atoms with Gasteiger partial charge in [-0.05, 0) is 25.0 Å². The summed E-state index contributed by atoms with van der Waals surface area (Å²) in [5, 5.41) is 3.61. The van der Waals surface area contributed by atoms with E-state index in [9.17, 15) is 9.59 Å². The smallest absolute Gasteiger partial charge is 0.337 e. The summed E-state index contributed by atoms with van der Waals surface area (Å²) in [5.41, 5.74) is 0.182. The lowest BCUT2D eigenvalue weighted by Crippen LogP contribution is -2.33. The molecule has 1 saturated carbocycles. The SMILES string of the molecule is COc1ccc2c(C(=O)NC3CCCC3)cc(=O)oc2c1. The van der Waals surface area contributed by atoms with Crippen LogP contribution >= 0.6 is 0 Å². The number of hydrogen-bond acceptors (Lipinski definition) is 4. The van der Waals surface area contributed by atoms with E-state index in [0.717, 1.165) is 25.7 Å². The molecule has 0 bridgehead atoms. The first-order valence-electron chi connectivity index (χ1n) is 7.10. The van der Waals surface area contributed by atoms with Gasteiger partial charge in [0.05, 0.1) is 12.7 Å². The lowest BCUT2D eigenvalue weighted by molar-refractivity contribution is 0.0939. The van der Waals surface area contributed by atoms with Gasteiger partial charge in [-0.2, -0.15) is 0 Å². The van der Waals surface area contributed by atoms with Crippen molar-refractivity contribution in [1.82, 2.24) is 5.32 Å². The maximum atomic E-state index is 12.4. The van der Waals surface area contributed by atoms with Crippen molar-refractivity contribution < 1.29 is 13.9 Å². The zero-order valence-corrected chi connectivity index (χ0v) is 11.8. The average molecular weight is 287 g/mol. The second kappa shape index (κ2) is 5.60. The summed E-state index contributed by atoms with van der Waals surface area (Å²) in [6, 6.07) is 6.55. The summed E-state index contributed by atoms with van der Waals surface area (Å²) < 4.78 is 10.3. The molecule has 1 amide bonds. The first-order valence-corrected chi connectivity index (χ1v) is 7.10. The van der Waals surface area contributed by atoms with Crippen molar-refractivity contribution in [3.05, 3.63) is 40.2 Å². The molecule has 0 atom stereocenters. The lowest BCUT2D eigenvalue weighted by atomic mass is 10.1. The molecule has 1 aromatic carbocycles. The van der Waals surface area contributed by atoms with E-state index >= 15 is 0 Å². The van der Waals surface area contributed by atoms with Crippen LogP contribution in [-0.2, 0) is 0 Å². The van der Waals surface area contributed by atoms with Gasteiger partial charge in [-0.1, -0.05) is 12.8 Å². The molecule has 1 N–H and O–H groups in total. The van der Waals surface area contributed by atoms with Gasteiger partial charge in [0.2, 0.25) is 0 Å². The van der Waals surface area contributed by atoms with Gasteiger partial charge in [-0.3, -0.25) is 4.79 Å². The van der Waals surface area contributed by atoms with Crippen molar-refractivity contribution in [3.63, 3.8) is 0 Å². The van der Waals surface area contributed by atoms with Gasteiger partial charge >= 0.3 is 5.63 Å². The van der Waals surface area contributed by atoms with Crippen LogP contribution in [0.1, 0.15) is 36.0 Å². The van der Waals surface area contributed by atoms with Gasteiger partial charge in [0, 0.05) is 23.6 Å². The predicted molar refractivity (Wildman–Crippen MR) is 78.8 cm³/mol. The van der Waals surface area contributed by atoms with Gasteiger partial charge < -0.3 is 14.5 Å². The molecule has 3 rings (SSSR count). The number of nitrogens with one attached hydrogen (secondary N) is 1. The lowest BCUT2D eigenvalue weighted by Gasteiger charge is -2.13. The van der Waals surface area contributed by atoms with E-state index in [0.29, 0.717) is 22.3 Å². The third-order valence-electron chi connectivity index (χ3n) is 3.89. The van der Waals surface area contributed by atoms with Gasteiger partial charge in [-0.15, -0.1) is 0 Å². The van der Waals surface area contributed by atoms with Crippen LogP contribution in [0.2, 0.25) is 0 Å². The molecule has 1 aliphatic rings. The summed E-state index contributed by atoms with van der Waals surface area (Å²) in [4.78, 5) is 24.1. The summed E-state index contributed by atoms with van der Waals surface area (Å²) in [6.07, 6.45) is 4.28. The van der Waals surface area contributed by atoms with Crippen molar-refractivity contribution in [2.45, 2.75) is 31.7 Å². The molecule has 1 aliphatic carbocycles. The second-order valence-electron chi connectivity index (χ2n) is 5.30. The van der Waals surface area contributed by atoms with E-state index in [-0.39, 0.29) is 11.9 Å². The maximum absolute atomic E-state index is 12.4. The third kappa shape index (κ3) is 2.77. The summed E-state index contributed by atoms with van der Waals surface area (Å²) in [6.45, 7) is 0. The fourth-order valence-electron chi connectivity index (χ4n) is 2.79. The Hall–Kier alpha value is -2.30. The Labute approximate surface area is 121 Å². The van der Waals surface area contributed by atoms with E-state index < -0.39 is 5.63 Å². The topological polar surface area (TPSA) is 68.5 Å². The molecule has 21 heavy (non-hydrogen) atoms. The monoisotopic (exact) mass is 287 g/mol. The third-order valence-corrected chi connectivity index (χ3v) is 3.89. The number of rotatable bonds is 3. The Morgan fingerprint density at radius 1 is 1.29 bits per heavy atom. The molecular weight excluding hydrogens is 270 g/mol. The quantitative estimate of drug-likeness (QED) is 0.881. The fourth-order valence-corrected chi connectivity index (χ4v) is 2.79. The van der Waals surface area contributed by atoms with Crippen molar-refractivity contribution in [1.29, 1.82) is 0 Å². The Balaban J connectivity index is 2.00. The molecule has 110 valence electrons. The van der Waals surface area contributed by atoms with Crippen LogP contribution in [0, 0.1) is 0 Å². The molecule has 0 unspecified atom stereocenters. The first-order chi connectivity index (χ1) is 10.2. The van der Waals surface area contributed by atoms with Crippen LogP contribution in [0.25, 0.3) is 11.0 Å². The number of hydrogen-bond donors (Lipinski definition) is 1. The van der Waals surface area contributed by atoms with Crippen molar-refractivity contribution in [3.8, 4) is 5.75 Å². The van der Waals surface area contributed by atoms with Crippen LogP contribution in [-0.4, -0.2) is 19.1 Å². The highest BCUT2D eigenvalue weighted by molar-refractivity contribution is 6.05. The van der Waals surface area contributed by atoms with E-state index in [2.05, 4.69) is 5.32 Å². The Bertz CT molecular complexity index is 729. The number of amides is 1. The molecule has 0 spiro atoms. The maximum Gasteiger partial charge on any atom is 0.337 e. The number of methoxy groups -OCH3 is 1. The van der Waals surface area contributed by atoms with Crippen molar-refractivity contribution >= 4 is 16.9 Å². The van der Waals surface area contributed by atoms with E-state index in [1.807, 2.05) is 0 Å². The molecule has 5 heteroatoms. The number of carbonyl (C=O) groups is 1. The fraction of sp³-hybridized carbons (Fsp3) is 0.375. The summed E-state index contributed by atoms with van der Waals surface area (Å²) in [7, 11) is 1.54. The van der Waals surface area contributed by atoms with Crippen LogP contribution in [0.4, 0.5) is 0 Å². The molecule has 1 fully saturated rings. The van der Waals surface area contributed by atoms with Gasteiger partial charge in [0.25, 0.3) is 5.91 Å². The molecule has 1 aromatic heterocycles. The van der Waals surface area contributed by atoms with Gasteiger partial charge in [-0.25, -0.2) is 4.79 Å². The van der Waals surface area contributed by atoms with Crippen LogP contribution in [0.5, 0.6) is 5.75 Å². The minimum absolute atomic E-state index is 0.207. The van der Waals surface area contributed by atoms with Crippen LogP contribution in [0.3, 0.4) is 0 Å². The Kier molecular flexibility index (Phi) is 3.64. The number of ether oxygens (including phenoxy) is 1. The van der Waals surface area contributed by atoms with E-state index in [1.165, 1.54) is 13.2 Å². The summed E-state index contributed by atoms with van der Waals surface area (Å²) in [5.74, 6) is 0.365. The number of carbonyl (C=O) groups excluding carboxylic acids is 1. The molecule has 0 aliphatic heterocycles. The Morgan fingerprint density at radius 2 is 2.05 bits per heavy atom. The zero-order valence-electron chi connectivity index (χ0n) is 11.8. The summed E-state index contributed by atoms with van der Waals surface area (Å²) >= 11 is 0. The molecule has 5 nitrogen and oxygen atoms in total. The largest absolute Gasteiger partial charge is 0.497 e. The van der Waals surface area contributed by atoms with Crippen LogP contribution < -0.4 is 15.7 Å². The Morgan fingerprint density at radius 3 is 2.76 bits per heavy atom. The molecule has 1 heterocycles. The van der Waals surface area contributed by atoms with Crippen molar-refractivity contribution in [2.24, 2.45) is 0 Å². The molecular formula is C16H17NO4. The zero-order chi connectivity index (χ0) is 14.8. The molecule has 0 saturated heterocycles. The predicted octanol–water partition coefficient (Wildman–Crippen LogP) is 2.47. The number of fused-ring (bicyclic) bond motifs is 1. The first kappa shape index (κ1) is 13.7. The minimum Gasteiger partial charge on any atom is -0.497 e. The number of benzene rings is 1. The minimum atomic E-state index is -0.535. The standard InChI is InChI=1S/C16H17NO4/c1-20-11-6-7-12-13(9-15(18)21-14(12)8-11)16(19)17-10-4-2-3-5-10/h6-10H,2-5H2,1H3,(H,17,19).